The molecule has 178 valence electrons. The van der Waals surface area contributed by atoms with Crippen molar-refractivity contribution in [1.29, 1.82) is 0 Å². The minimum atomic E-state index is -4.02. The predicted molar refractivity (Wildman–Crippen MR) is 128 cm³/mol. The number of carbonyl (C=O) groups excluding carboxylic acids is 1. The molecule has 8 nitrogen and oxygen atoms in total. The third kappa shape index (κ3) is 5.26. The van der Waals surface area contributed by atoms with Gasteiger partial charge in [-0.2, -0.15) is 0 Å². The van der Waals surface area contributed by atoms with Crippen molar-refractivity contribution in [2.75, 3.05) is 30.7 Å². The fourth-order valence-corrected chi connectivity index (χ4v) is 4.98. The van der Waals surface area contributed by atoms with Crippen LogP contribution in [0.15, 0.2) is 77.7 Å². The molecule has 1 amide bonds. The molecule has 1 aliphatic heterocycles. The van der Waals surface area contributed by atoms with Gasteiger partial charge in [0.05, 0.1) is 17.2 Å². The van der Waals surface area contributed by atoms with Gasteiger partial charge in [0, 0.05) is 18.2 Å². The number of hydrogen-bond donors (Lipinski definition) is 1. The highest BCUT2D eigenvalue weighted by Crippen LogP contribution is 2.35. The van der Waals surface area contributed by atoms with E-state index < -0.39 is 22.5 Å². The van der Waals surface area contributed by atoms with Crippen LogP contribution in [-0.2, 0) is 21.4 Å². The van der Waals surface area contributed by atoms with E-state index in [9.17, 15) is 13.2 Å². The molecule has 1 N–H and O–H groups in total. The third-order valence-electron chi connectivity index (χ3n) is 5.18. The minimum absolute atomic E-state index is 0.0828. The second kappa shape index (κ2) is 10.5. The molecule has 0 fully saturated rings. The third-order valence-corrected chi connectivity index (χ3v) is 6.97. The van der Waals surface area contributed by atoms with Gasteiger partial charge in [-0.25, -0.2) is 8.42 Å². The van der Waals surface area contributed by atoms with Crippen LogP contribution in [0.2, 0.25) is 0 Å². The van der Waals surface area contributed by atoms with Crippen LogP contribution >= 0.6 is 0 Å². The van der Waals surface area contributed by atoms with Crippen molar-refractivity contribution < 1.29 is 27.4 Å². The molecule has 0 aromatic heterocycles. The Bertz CT molecular complexity index is 1250. The van der Waals surface area contributed by atoms with E-state index in [0.29, 0.717) is 42.8 Å². The molecule has 34 heavy (non-hydrogen) atoms. The topological polar surface area (TPSA) is 94.2 Å². The Morgan fingerprint density at radius 2 is 1.68 bits per heavy atom. The Morgan fingerprint density at radius 3 is 2.44 bits per heavy atom. The molecule has 0 bridgehead atoms. The smallest absolute Gasteiger partial charge is 0.264 e. The zero-order valence-corrected chi connectivity index (χ0v) is 19.6. The van der Waals surface area contributed by atoms with Crippen LogP contribution < -0.4 is 23.8 Å². The lowest BCUT2D eigenvalue weighted by molar-refractivity contribution is -0.119. The van der Waals surface area contributed by atoms with Crippen molar-refractivity contribution in [3.63, 3.8) is 0 Å². The van der Waals surface area contributed by atoms with E-state index in [1.54, 1.807) is 36.4 Å². The van der Waals surface area contributed by atoms with Gasteiger partial charge in [0.25, 0.3) is 10.0 Å². The summed E-state index contributed by atoms with van der Waals surface area (Å²) in [5.41, 5.74) is 1.10. The average molecular weight is 483 g/mol. The Kier molecular flexibility index (Phi) is 7.22. The number of hydrogen-bond acceptors (Lipinski definition) is 6. The summed E-state index contributed by atoms with van der Waals surface area (Å²) in [6.45, 7) is 2.96. The monoisotopic (exact) mass is 482 g/mol. The number of benzene rings is 3. The van der Waals surface area contributed by atoms with Crippen LogP contribution in [0, 0.1) is 0 Å². The number of amides is 1. The van der Waals surface area contributed by atoms with Crippen molar-refractivity contribution in [1.82, 2.24) is 5.32 Å². The number of para-hydroxylation sites is 1. The van der Waals surface area contributed by atoms with E-state index >= 15 is 0 Å². The lowest BCUT2D eigenvalue weighted by Crippen LogP contribution is -2.40. The summed E-state index contributed by atoms with van der Waals surface area (Å²) in [5, 5.41) is 2.80. The van der Waals surface area contributed by atoms with Crippen molar-refractivity contribution in [2.45, 2.75) is 18.4 Å². The molecular weight excluding hydrogens is 456 g/mol. The van der Waals surface area contributed by atoms with E-state index in [2.05, 4.69) is 5.32 Å². The molecule has 0 spiro atoms. The number of sulfonamides is 1. The Labute approximate surface area is 199 Å². The first kappa shape index (κ1) is 23.4. The van der Waals surface area contributed by atoms with E-state index in [1.807, 2.05) is 31.2 Å². The second-order valence-electron chi connectivity index (χ2n) is 7.47. The number of rotatable bonds is 9. The van der Waals surface area contributed by atoms with Gasteiger partial charge < -0.3 is 19.5 Å². The van der Waals surface area contributed by atoms with E-state index in [-0.39, 0.29) is 11.4 Å². The number of ether oxygens (including phenoxy) is 3. The van der Waals surface area contributed by atoms with Gasteiger partial charge in [-0.15, -0.1) is 0 Å². The standard InChI is InChI=1S/C25H26N2O6S/c1-2-31-22-11-7-6-8-19(22)17-26-25(28)18-27(34(29,30)21-9-4-3-5-10-21)20-12-13-23-24(16-20)33-15-14-32-23/h3-13,16H,2,14-15,17-18H2,1H3,(H,26,28). The molecule has 0 saturated carbocycles. The fourth-order valence-electron chi connectivity index (χ4n) is 3.55. The number of nitrogens with zero attached hydrogens (tertiary/aromatic N) is 1. The van der Waals surface area contributed by atoms with Crippen molar-refractivity contribution in [2.24, 2.45) is 0 Å². The Balaban J connectivity index is 1.59. The molecule has 4 rings (SSSR count). The molecule has 0 saturated heterocycles. The van der Waals surface area contributed by atoms with Crippen molar-refractivity contribution in [3.8, 4) is 17.2 Å². The first-order valence-electron chi connectivity index (χ1n) is 10.9. The summed E-state index contributed by atoms with van der Waals surface area (Å²) in [6.07, 6.45) is 0. The average Bonchev–Trinajstić information content (AvgIpc) is 2.87. The molecule has 3 aromatic carbocycles. The van der Waals surface area contributed by atoms with E-state index in [1.165, 1.54) is 12.1 Å². The SMILES string of the molecule is CCOc1ccccc1CNC(=O)CN(c1ccc2c(c1)OCCO2)S(=O)(=O)c1ccccc1. The van der Waals surface area contributed by atoms with Crippen LogP contribution in [0.25, 0.3) is 0 Å². The highest BCUT2D eigenvalue weighted by molar-refractivity contribution is 7.92. The number of anilines is 1. The van der Waals surface area contributed by atoms with Gasteiger partial charge >= 0.3 is 0 Å². The largest absolute Gasteiger partial charge is 0.494 e. The van der Waals surface area contributed by atoms with E-state index in [4.69, 9.17) is 14.2 Å². The molecule has 0 atom stereocenters. The van der Waals surface area contributed by atoms with Crippen molar-refractivity contribution >= 4 is 21.6 Å². The zero-order valence-electron chi connectivity index (χ0n) is 18.8. The molecule has 9 heteroatoms. The first-order chi connectivity index (χ1) is 16.5. The highest BCUT2D eigenvalue weighted by Gasteiger charge is 2.28. The lowest BCUT2D eigenvalue weighted by Gasteiger charge is -2.26. The van der Waals surface area contributed by atoms with Gasteiger partial charge in [-0.1, -0.05) is 36.4 Å². The summed E-state index contributed by atoms with van der Waals surface area (Å²) >= 11 is 0. The zero-order chi connectivity index (χ0) is 24.0. The fraction of sp³-hybridized carbons (Fsp3) is 0.240. The van der Waals surface area contributed by atoms with Gasteiger partial charge in [-0.3, -0.25) is 9.10 Å². The van der Waals surface area contributed by atoms with Crippen LogP contribution in [0.5, 0.6) is 17.2 Å². The van der Waals surface area contributed by atoms with Gasteiger partial charge in [-0.05, 0) is 37.3 Å². The highest BCUT2D eigenvalue weighted by atomic mass is 32.2. The Hall–Kier alpha value is -3.72. The summed E-state index contributed by atoms with van der Waals surface area (Å²) < 4.78 is 44.8. The summed E-state index contributed by atoms with van der Waals surface area (Å²) in [6, 6.07) is 20.2. The minimum Gasteiger partial charge on any atom is -0.494 e. The first-order valence-corrected chi connectivity index (χ1v) is 12.4. The maximum absolute atomic E-state index is 13.5. The van der Waals surface area contributed by atoms with Crippen molar-refractivity contribution in [3.05, 3.63) is 78.4 Å². The predicted octanol–water partition coefficient (Wildman–Crippen LogP) is 3.37. The summed E-state index contributed by atoms with van der Waals surface area (Å²) in [5.74, 6) is 1.18. The summed E-state index contributed by atoms with van der Waals surface area (Å²) in [7, 11) is -4.02. The van der Waals surface area contributed by atoms with Crippen LogP contribution in [0.3, 0.4) is 0 Å². The molecule has 0 radical (unpaired) electrons. The lowest BCUT2D eigenvalue weighted by atomic mass is 10.2. The van der Waals surface area contributed by atoms with E-state index in [0.717, 1.165) is 9.87 Å². The molecule has 0 aliphatic carbocycles. The molecular formula is C25H26N2O6S. The van der Waals surface area contributed by atoms with Gasteiger partial charge in [0.15, 0.2) is 11.5 Å². The number of nitrogens with one attached hydrogen (secondary N) is 1. The van der Waals surface area contributed by atoms with Gasteiger partial charge in [0.1, 0.15) is 25.5 Å². The molecule has 1 aliphatic rings. The normalized spacial score (nSPS) is 12.6. The second-order valence-corrected chi connectivity index (χ2v) is 9.33. The molecule has 0 unspecified atom stereocenters. The van der Waals surface area contributed by atoms with Crippen LogP contribution in [-0.4, -0.2) is 40.7 Å². The molecule has 1 heterocycles. The summed E-state index contributed by atoms with van der Waals surface area (Å²) in [4.78, 5) is 13.0. The quantitative estimate of drug-likeness (QED) is 0.503. The number of carbonyl (C=O) groups is 1. The molecule has 3 aromatic rings. The van der Waals surface area contributed by atoms with Crippen LogP contribution in [0.1, 0.15) is 12.5 Å². The van der Waals surface area contributed by atoms with Crippen LogP contribution in [0.4, 0.5) is 5.69 Å². The maximum atomic E-state index is 13.5. The number of fused-ring (bicyclic) bond motifs is 1. The maximum Gasteiger partial charge on any atom is 0.264 e. The van der Waals surface area contributed by atoms with Gasteiger partial charge in [0.2, 0.25) is 5.91 Å². The Morgan fingerprint density at radius 1 is 0.971 bits per heavy atom.